The number of aliphatic hydroxyl groups excluding tert-OH is 6. The predicted octanol–water partition coefficient (Wildman–Crippen LogP) is 7.33. The summed E-state index contributed by atoms with van der Waals surface area (Å²) >= 11 is 0. The van der Waals surface area contributed by atoms with Gasteiger partial charge in [0, 0.05) is 0 Å². The SMILES string of the molecule is CCCCCCCCCCCCCCC[C@@H](O)C(=O)N[C@@H](C[C@@H]1O[C@H](CO)[C@@H](O)[C@H](O)[C@H]1O)[C@H](O)/C=C/CC/C=C(\C)CCCCCCCCC. The van der Waals surface area contributed by atoms with Gasteiger partial charge in [0.2, 0.25) is 5.91 Å². The van der Waals surface area contributed by atoms with Crippen molar-refractivity contribution in [2.75, 3.05) is 6.61 Å². The molecular formula is C42H79NO8. The fourth-order valence-electron chi connectivity index (χ4n) is 6.93. The van der Waals surface area contributed by atoms with Crippen LogP contribution in [0, 0.1) is 0 Å². The Bertz CT molecular complexity index is 896. The summed E-state index contributed by atoms with van der Waals surface area (Å²) in [4.78, 5) is 13.1. The normalized spacial score (nSPS) is 23.1. The highest BCUT2D eigenvalue weighted by molar-refractivity contribution is 5.80. The molecule has 0 aliphatic carbocycles. The third-order valence-electron chi connectivity index (χ3n) is 10.4. The summed E-state index contributed by atoms with van der Waals surface area (Å²) in [6, 6.07) is -0.939. The summed E-state index contributed by atoms with van der Waals surface area (Å²) in [5.74, 6) is -0.611. The number of ether oxygens (including phenoxy) is 1. The van der Waals surface area contributed by atoms with Gasteiger partial charge in [0.15, 0.2) is 0 Å². The van der Waals surface area contributed by atoms with Crippen LogP contribution in [0.3, 0.4) is 0 Å². The number of aliphatic hydroxyl groups is 6. The quantitative estimate of drug-likeness (QED) is 0.0281. The van der Waals surface area contributed by atoms with Crippen molar-refractivity contribution in [2.24, 2.45) is 0 Å². The molecule has 7 N–H and O–H groups in total. The lowest BCUT2D eigenvalue weighted by atomic mass is 9.90. The molecule has 51 heavy (non-hydrogen) atoms. The summed E-state index contributed by atoms with van der Waals surface area (Å²) in [6.45, 7) is 6.07. The van der Waals surface area contributed by atoms with Gasteiger partial charge in [-0.05, 0) is 45.4 Å². The van der Waals surface area contributed by atoms with Crippen molar-refractivity contribution in [1.82, 2.24) is 5.32 Å². The Kier molecular flexibility index (Phi) is 29.0. The molecule has 1 amide bonds. The Balaban J connectivity index is 2.58. The molecule has 0 saturated carbocycles. The molecule has 0 unspecified atom stereocenters. The largest absolute Gasteiger partial charge is 0.394 e. The lowest BCUT2D eigenvalue weighted by Crippen LogP contribution is -2.60. The zero-order valence-electron chi connectivity index (χ0n) is 32.7. The zero-order valence-corrected chi connectivity index (χ0v) is 32.7. The highest BCUT2D eigenvalue weighted by Gasteiger charge is 2.44. The molecule has 1 fully saturated rings. The van der Waals surface area contributed by atoms with Crippen molar-refractivity contribution >= 4 is 5.91 Å². The van der Waals surface area contributed by atoms with Crippen LogP contribution in [0.25, 0.3) is 0 Å². The molecule has 1 heterocycles. The number of carbonyl (C=O) groups is 1. The third-order valence-corrected chi connectivity index (χ3v) is 10.4. The molecule has 300 valence electrons. The van der Waals surface area contributed by atoms with Gasteiger partial charge >= 0.3 is 0 Å². The van der Waals surface area contributed by atoms with E-state index in [4.69, 9.17) is 4.74 Å². The Hall–Kier alpha value is -1.33. The van der Waals surface area contributed by atoms with Crippen LogP contribution in [-0.4, -0.2) is 91.9 Å². The maximum Gasteiger partial charge on any atom is 0.249 e. The highest BCUT2D eigenvalue weighted by atomic mass is 16.5. The van der Waals surface area contributed by atoms with Crippen LogP contribution in [0.4, 0.5) is 0 Å². The first kappa shape index (κ1) is 47.7. The van der Waals surface area contributed by atoms with E-state index in [1.165, 1.54) is 108 Å². The van der Waals surface area contributed by atoms with Crippen molar-refractivity contribution in [3.8, 4) is 0 Å². The van der Waals surface area contributed by atoms with E-state index in [-0.39, 0.29) is 6.42 Å². The van der Waals surface area contributed by atoms with Gasteiger partial charge in [0.25, 0.3) is 0 Å². The number of hydrogen-bond acceptors (Lipinski definition) is 8. The smallest absolute Gasteiger partial charge is 0.249 e. The third kappa shape index (κ3) is 22.5. The van der Waals surface area contributed by atoms with Gasteiger partial charge in [-0.3, -0.25) is 4.79 Å². The monoisotopic (exact) mass is 726 g/mol. The molecule has 0 aromatic heterocycles. The molecule has 1 rings (SSSR count). The van der Waals surface area contributed by atoms with E-state index in [9.17, 15) is 35.4 Å². The minimum Gasteiger partial charge on any atom is -0.394 e. The Morgan fingerprint density at radius 3 is 1.71 bits per heavy atom. The van der Waals surface area contributed by atoms with Crippen molar-refractivity contribution in [2.45, 2.75) is 230 Å². The van der Waals surface area contributed by atoms with Gasteiger partial charge in [-0.1, -0.05) is 160 Å². The van der Waals surface area contributed by atoms with Gasteiger partial charge in [-0.15, -0.1) is 0 Å². The Labute approximate surface area is 311 Å². The Morgan fingerprint density at radius 2 is 1.18 bits per heavy atom. The molecule has 1 aliphatic heterocycles. The molecule has 9 heteroatoms. The van der Waals surface area contributed by atoms with Gasteiger partial charge in [0.1, 0.15) is 30.5 Å². The van der Waals surface area contributed by atoms with Crippen LogP contribution >= 0.6 is 0 Å². The van der Waals surface area contributed by atoms with Gasteiger partial charge in [-0.25, -0.2) is 0 Å². The number of amides is 1. The van der Waals surface area contributed by atoms with Gasteiger partial charge in [-0.2, -0.15) is 0 Å². The zero-order chi connectivity index (χ0) is 37.7. The molecule has 0 bridgehead atoms. The molecule has 0 aromatic carbocycles. The summed E-state index contributed by atoms with van der Waals surface area (Å²) in [6.07, 6.45) is 24.1. The van der Waals surface area contributed by atoms with E-state index in [0.29, 0.717) is 12.8 Å². The first-order valence-electron chi connectivity index (χ1n) is 20.9. The number of unbranched alkanes of at least 4 members (excludes halogenated alkanes) is 19. The van der Waals surface area contributed by atoms with Crippen molar-refractivity contribution in [3.63, 3.8) is 0 Å². The summed E-state index contributed by atoms with van der Waals surface area (Å²) in [5.41, 5.74) is 1.36. The standard InChI is InChI=1S/C42H79NO8/c1-4-6-8-10-12-13-14-15-16-17-19-21-25-30-36(46)42(50)43-34(31-37-39(47)41(49)40(48)38(32-44)51-37)35(45)29-26-22-24-28-33(3)27-23-20-18-11-9-7-5-2/h26,28-29,34-41,44-49H,4-25,27,30-32H2,1-3H3,(H,43,50)/b29-26+,33-28+/t34-,35+,36+,37-,38+,39-,40+,41+/m0/s1. The first-order valence-corrected chi connectivity index (χ1v) is 20.9. The van der Waals surface area contributed by atoms with Crippen LogP contribution in [0.5, 0.6) is 0 Å². The van der Waals surface area contributed by atoms with Crippen molar-refractivity contribution < 1.29 is 40.2 Å². The van der Waals surface area contributed by atoms with E-state index < -0.39 is 61.3 Å². The second-order valence-electron chi connectivity index (χ2n) is 15.2. The highest BCUT2D eigenvalue weighted by Crippen LogP contribution is 2.25. The van der Waals surface area contributed by atoms with Crippen LogP contribution in [0.2, 0.25) is 0 Å². The van der Waals surface area contributed by atoms with E-state index in [0.717, 1.165) is 38.5 Å². The topological polar surface area (TPSA) is 160 Å². The van der Waals surface area contributed by atoms with Gasteiger partial charge < -0.3 is 40.7 Å². The molecule has 0 aromatic rings. The second-order valence-corrected chi connectivity index (χ2v) is 15.2. The van der Waals surface area contributed by atoms with Crippen molar-refractivity contribution in [3.05, 3.63) is 23.8 Å². The van der Waals surface area contributed by atoms with E-state index in [1.54, 1.807) is 6.08 Å². The minimum atomic E-state index is -1.55. The van der Waals surface area contributed by atoms with E-state index in [1.807, 2.05) is 6.08 Å². The molecule has 1 aliphatic rings. The second kappa shape index (κ2) is 31.1. The molecule has 9 nitrogen and oxygen atoms in total. The number of carbonyl (C=O) groups excluding carboxylic acids is 1. The fraction of sp³-hybridized carbons (Fsp3) is 0.881. The minimum absolute atomic E-state index is 0.0956. The lowest BCUT2D eigenvalue weighted by Gasteiger charge is -2.41. The maximum absolute atomic E-state index is 13.1. The molecular weight excluding hydrogens is 646 g/mol. The fourth-order valence-corrected chi connectivity index (χ4v) is 6.93. The van der Waals surface area contributed by atoms with Crippen LogP contribution in [0.15, 0.2) is 23.8 Å². The Morgan fingerprint density at radius 1 is 0.686 bits per heavy atom. The maximum atomic E-state index is 13.1. The van der Waals surface area contributed by atoms with Crippen LogP contribution in [0.1, 0.15) is 181 Å². The molecule has 0 radical (unpaired) electrons. The van der Waals surface area contributed by atoms with Crippen molar-refractivity contribution in [1.29, 1.82) is 0 Å². The number of hydrogen-bond donors (Lipinski definition) is 7. The molecule has 1 saturated heterocycles. The molecule has 8 atom stereocenters. The average molecular weight is 726 g/mol. The predicted molar refractivity (Wildman–Crippen MR) is 207 cm³/mol. The van der Waals surface area contributed by atoms with E-state index in [2.05, 4.69) is 32.2 Å². The lowest BCUT2D eigenvalue weighted by molar-refractivity contribution is -0.232. The summed E-state index contributed by atoms with van der Waals surface area (Å²) in [7, 11) is 0. The van der Waals surface area contributed by atoms with Crippen LogP contribution < -0.4 is 5.32 Å². The average Bonchev–Trinajstić information content (AvgIpc) is 3.12. The molecule has 0 spiro atoms. The number of rotatable bonds is 32. The summed E-state index contributed by atoms with van der Waals surface area (Å²) < 4.78 is 5.67. The summed E-state index contributed by atoms with van der Waals surface area (Å²) in [5, 5.41) is 65.3. The first-order chi connectivity index (χ1) is 24.7. The van der Waals surface area contributed by atoms with E-state index >= 15 is 0 Å². The van der Waals surface area contributed by atoms with Gasteiger partial charge in [0.05, 0.1) is 24.9 Å². The number of allylic oxidation sites excluding steroid dienone is 3. The van der Waals surface area contributed by atoms with Crippen LogP contribution in [-0.2, 0) is 9.53 Å². The number of nitrogens with one attached hydrogen (secondary N) is 1.